The summed E-state index contributed by atoms with van der Waals surface area (Å²) in [5.41, 5.74) is 1.67. The van der Waals surface area contributed by atoms with Gasteiger partial charge in [-0.1, -0.05) is 6.08 Å². The molecule has 0 amide bonds. The quantitative estimate of drug-likeness (QED) is 0.701. The number of carbonyl (C=O) groups excluding carboxylic acids is 1. The number of nitrogens with one attached hydrogen (secondary N) is 1. The van der Waals surface area contributed by atoms with E-state index in [2.05, 4.69) is 20.4 Å². The van der Waals surface area contributed by atoms with Gasteiger partial charge in [0.1, 0.15) is 12.1 Å². The highest BCUT2D eigenvalue weighted by Crippen LogP contribution is 2.40. The molecule has 138 valence electrons. The van der Waals surface area contributed by atoms with Crippen LogP contribution in [-0.2, 0) is 21.5 Å². The lowest BCUT2D eigenvalue weighted by Gasteiger charge is -2.33. The van der Waals surface area contributed by atoms with Crippen molar-refractivity contribution in [3.63, 3.8) is 0 Å². The Bertz CT molecular complexity index is 992. The lowest BCUT2D eigenvalue weighted by Crippen LogP contribution is -2.35. The van der Waals surface area contributed by atoms with Crippen LogP contribution in [0.4, 0.5) is 4.39 Å². The average Bonchev–Trinajstić information content (AvgIpc) is 3.31. The number of nitrogens with zero attached hydrogens (tertiary/aromatic N) is 4. The van der Waals surface area contributed by atoms with E-state index in [0.717, 1.165) is 22.6 Å². The number of esters is 1. The second-order valence-corrected chi connectivity index (χ2v) is 6.45. The Labute approximate surface area is 154 Å². The van der Waals surface area contributed by atoms with Gasteiger partial charge in [-0.3, -0.25) is 9.89 Å². The van der Waals surface area contributed by atoms with Crippen molar-refractivity contribution < 1.29 is 13.9 Å². The molecule has 1 aliphatic heterocycles. The standard InChI is InChI=1S/C19H18FN5O2/c1-2-27-17(26)9-19(8-7-16-23-22-12-25(16)11-19)15-10-21-24-18(15)13-3-5-14(20)6-4-13/h3-8,10,12H,2,9,11H2,1H3,(H,21,24). The summed E-state index contributed by atoms with van der Waals surface area (Å²) in [4.78, 5) is 12.4. The number of H-pyrrole nitrogens is 1. The van der Waals surface area contributed by atoms with E-state index in [1.54, 1.807) is 31.6 Å². The van der Waals surface area contributed by atoms with Gasteiger partial charge in [0.05, 0.1) is 24.9 Å². The molecule has 2 aromatic heterocycles. The molecule has 0 radical (unpaired) electrons. The lowest BCUT2D eigenvalue weighted by atomic mass is 9.75. The van der Waals surface area contributed by atoms with Crippen molar-refractivity contribution in [2.24, 2.45) is 0 Å². The van der Waals surface area contributed by atoms with Gasteiger partial charge < -0.3 is 9.30 Å². The largest absolute Gasteiger partial charge is 0.466 e. The molecule has 4 rings (SSSR count). The van der Waals surface area contributed by atoms with Gasteiger partial charge in [0.15, 0.2) is 5.82 Å². The molecule has 8 heteroatoms. The summed E-state index contributed by atoms with van der Waals surface area (Å²) in [6.07, 6.45) is 7.28. The van der Waals surface area contributed by atoms with Crippen LogP contribution in [0.25, 0.3) is 17.3 Å². The van der Waals surface area contributed by atoms with Crippen LogP contribution in [0.15, 0.2) is 42.9 Å². The monoisotopic (exact) mass is 367 g/mol. The maximum atomic E-state index is 13.3. The molecular weight excluding hydrogens is 349 g/mol. The zero-order valence-corrected chi connectivity index (χ0v) is 14.7. The summed E-state index contributed by atoms with van der Waals surface area (Å²) in [5.74, 6) is 0.110. The molecule has 3 aromatic rings. The number of aromatic nitrogens is 5. The fourth-order valence-corrected chi connectivity index (χ4v) is 3.46. The molecule has 0 saturated heterocycles. The highest BCUT2D eigenvalue weighted by molar-refractivity contribution is 5.75. The minimum atomic E-state index is -0.682. The normalized spacial score (nSPS) is 18.3. The third-order valence-electron chi connectivity index (χ3n) is 4.72. The van der Waals surface area contributed by atoms with Gasteiger partial charge in [-0.25, -0.2) is 4.39 Å². The first-order valence-electron chi connectivity index (χ1n) is 8.64. The Morgan fingerprint density at radius 3 is 2.96 bits per heavy atom. The fourth-order valence-electron chi connectivity index (χ4n) is 3.46. The minimum absolute atomic E-state index is 0.142. The maximum Gasteiger partial charge on any atom is 0.307 e. The summed E-state index contributed by atoms with van der Waals surface area (Å²) in [7, 11) is 0. The summed E-state index contributed by atoms with van der Waals surface area (Å²) in [6, 6.07) is 6.15. The minimum Gasteiger partial charge on any atom is -0.466 e. The Morgan fingerprint density at radius 2 is 2.19 bits per heavy atom. The third kappa shape index (κ3) is 3.14. The molecule has 0 bridgehead atoms. The molecule has 27 heavy (non-hydrogen) atoms. The number of hydrogen-bond donors (Lipinski definition) is 1. The first-order valence-corrected chi connectivity index (χ1v) is 8.64. The predicted octanol–water partition coefficient (Wildman–Crippen LogP) is 2.73. The number of fused-ring (bicyclic) bond motifs is 1. The Kier molecular flexibility index (Phi) is 4.31. The van der Waals surface area contributed by atoms with Crippen molar-refractivity contribution in [2.75, 3.05) is 6.61 Å². The van der Waals surface area contributed by atoms with Crippen LogP contribution in [0.3, 0.4) is 0 Å². The molecule has 0 saturated carbocycles. The highest BCUT2D eigenvalue weighted by atomic mass is 19.1. The summed E-state index contributed by atoms with van der Waals surface area (Å²) in [6.45, 7) is 2.56. The number of allylic oxidation sites excluding steroid dienone is 1. The van der Waals surface area contributed by atoms with Crippen molar-refractivity contribution in [2.45, 2.75) is 25.3 Å². The Hall–Kier alpha value is -3.29. The van der Waals surface area contributed by atoms with E-state index >= 15 is 0 Å². The number of aromatic amines is 1. The molecule has 1 N–H and O–H groups in total. The van der Waals surface area contributed by atoms with Gasteiger partial charge in [0.25, 0.3) is 0 Å². The summed E-state index contributed by atoms with van der Waals surface area (Å²) >= 11 is 0. The van der Waals surface area contributed by atoms with Gasteiger partial charge in [-0.2, -0.15) is 5.10 Å². The highest BCUT2D eigenvalue weighted by Gasteiger charge is 2.39. The fraction of sp³-hybridized carbons (Fsp3) is 0.263. The molecular formula is C19H18FN5O2. The topological polar surface area (TPSA) is 85.7 Å². The van der Waals surface area contributed by atoms with Gasteiger partial charge in [0, 0.05) is 23.1 Å². The van der Waals surface area contributed by atoms with Crippen LogP contribution in [-0.4, -0.2) is 37.5 Å². The summed E-state index contributed by atoms with van der Waals surface area (Å²) in [5, 5.41) is 15.2. The van der Waals surface area contributed by atoms with Crippen LogP contribution in [0.1, 0.15) is 24.7 Å². The Balaban J connectivity index is 1.80. The molecule has 0 aliphatic carbocycles. The molecule has 1 atom stereocenters. The summed E-state index contributed by atoms with van der Waals surface area (Å²) < 4.78 is 20.4. The van der Waals surface area contributed by atoms with E-state index in [0.29, 0.717) is 13.2 Å². The first-order chi connectivity index (χ1) is 13.1. The number of halogens is 1. The third-order valence-corrected chi connectivity index (χ3v) is 4.72. The van der Waals surface area contributed by atoms with Crippen LogP contribution in [0.2, 0.25) is 0 Å². The van der Waals surface area contributed by atoms with E-state index in [4.69, 9.17) is 4.74 Å². The predicted molar refractivity (Wildman–Crippen MR) is 96.0 cm³/mol. The van der Waals surface area contributed by atoms with E-state index in [-0.39, 0.29) is 18.2 Å². The van der Waals surface area contributed by atoms with Gasteiger partial charge >= 0.3 is 5.97 Å². The van der Waals surface area contributed by atoms with E-state index in [9.17, 15) is 9.18 Å². The van der Waals surface area contributed by atoms with Crippen molar-refractivity contribution in [1.82, 2.24) is 25.0 Å². The number of hydrogen-bond acceptors (Lipinski definition) is 5. The molecule has 1 aromatic carbocycles. The zero-order chi connectivity index (χ0) is 18.9. The van der Waals surface area contributed by atoms with Crippen LogP contribution in [0, 0.1) is 5.82 Å². The van der Waals surface area contributed by atoms with E-state index in [1.165, 1.54) is 12.1 Å². The second-order valence-electron chi connectivity index (χ2n) is 6.45. The SMILES string of the molecule is CCOC(=O)CC1(c2cn[nH]c2-c2ccc(F)cc2)C=Cc2nncn2C1. The second kappa shape index (κ2) is 6.79. The van der Waals surface area contributed by atoms with E-state index < -0.39 is 5.41 Å². The van der Waals surface area contributed by atoms with Crippen molar-refractivity contribution >= 4 is 12.0 Å². The number of carbonyl (C=O) groups is 1. The van der Waals surface area contributed by atoms with Gasteiger partial charge in [-0.15, -0.1) is 10.2 Å². The molecule has 7 nitrogen and oxygen atoms in total. The van der Waals surface area contributed by atoms with Crippen molar-refractivity contribution in [3.05, 3.63) is 60.1 Å². The van der Waals surface area contributed by atoms with Crippen LogP contribution >= 0.6 is 0 Å². The first kappa shape index (κ1) is 17.1. The van der Waals surface area contributed by atoms with Gasteiger partial charge in [0.2, 0.25) is 0 Å². The molecule has 0 spiro atoms. The van der Waals surface area contributed by atoms with Crippen LogP contribution < -0.4 is 0 Å². The number of ether oxygens (including phenoxy) is 1. The molecule has 1 unspecified atom stereocenters. The lowest BCUT2D eigenvalue weighted by molar-refractivity contribution is -0.144. The van der Waals surface area contributed by atoms with Crippen LogP contribution in [0.5, 0.6) is 0 Å². The number of benzene rings is 1. The van der Waals surface area contributed by atoms with E-state index in [1.807, 2.05) is 16.7 Å². The van der Waals surface area contributed by atoms with Crippen molar-refractivity contribution in [1.29, 1.82) is 0 Å². The van der Waals surface area contributed by atoms with Gasteiger partial charge in [-0.05, 0) is 37.3 Å². The number of rotatable bonds is 5. The average molecular weight is 367 g/mol. The molecule has 3 heterocycles. The van der Waals surface area contributed by atoms with Crippen molar-refractivity contribution in [3.8, 4) is 11.3 Å². The molecule has 0 fully saturated rings. The zero-order valence-electron chi connectivity index (χ0n) is 14.7. The maximum absolute atomic E-state index is 13.3. The Morgan fingerprint density at radius 1 is 1.37 bits per heavy atom. The smallest absolute Gasteiger partial charge is 0.307 e. The molecule has 1 aliphatic rings.